The van der Waals surface area contributed by atoms with Gasteiger partial charge in [-0.15, -0.1) is 0 Å². The molecule has 144 valence electrons. The summed E-state index contributed by atoms with van der Waals surface area (Å²) in [6.07, 6.45) is 0.938. The molecule has 0 radical (unpaired) electrons. The third-order valence-electron chi connectivity index (χ3n) is 4.99. The van der Waals surface area contributed by atoms with E-state index in [1.807, 2.05) is 19.9 Å². The fraction of sp³-hybridized carbons (Fsp3) is 0.450. The van der Waals surface area contributed by atoms with Gasteiger partial charge in [-0.1, -0.05) is 18.2 Å². The maximum absolute atomic E-state index is 13.8. The standard InChI is InChI=1S/C20H26FN5O/c1-13-14(2)23-18(20(27)25(3)4)24-19(13)26-10-9-16(12-26)22-11-15-7-5-6-8-17(15)21/h5-8,16,22H,9-12H2,1-4H3/t16-/m1/s1. The molecule has 1 amide bonds. The van der Waals surface area contributed by atoms with Crippen LogP contribution in [0.3, 0.4) is 0 Å². The lowest BCUT2D eigenvalue weighted by Crippen LogP contribution is -2.33. The summed E-state index contributed by atoms with van der Waals surface area (Å²) in [4.78, 5) is 24.8. The van der Waals surface area contributed by atoms with Crippen LogP contribution in [0, 0.1) is 19.7 Å². The van der Waals surface area contributed by atoms with Gasteiger partial charge in [0.05, 0.1) is 0 Å². The molecule has 0 bridgehead atoms. The highest BCUT2D eigenvalue weighted by Crippen LogP contribution is 2.24. The van der Waals surface area contributed by atoms with E-state index in [0.29, 0.717) is 12.1 Å². The van der Waals surface area contributed by atoms with E-state index in [-0.39, 0.29) is 23.6 Å². The van der Waals surface area contributed by atoms with Crippen LogP contribution in [0.1, 0.15) is 33.9 Å². The zero-order valence-corrected chi connectivity index (χ0v) is 16.3. The van der Waals surface area contributed by atoms with Crippen molar-refractivity contribution in [1.29, 1.82) is 0 Å². The molecule has 1 aromatic carbocycles. The Balaban J connectivity index is 1.71. The van der Waals surface area contributed by atoms with Crippen LogP contribution in [-0.4, -0.2) is 54.0 Å². The molecule has 0 saturated carbocycles. The molecule has 1 aromatic heterocycles. The van der Waals surface area contributed by atoms with Gasteiger partial charge in [0.2, 0.25) is 5.82 Å². The van der Waals surface area contributed by atoms with Crippen LogP contribution in [0.15, 0.2) is 24.3 Å². The van der Waals surface area contributed by atoms with Crippen molar-refractivity contribution in [2.24, 2.45) is 0 Å². The number of carbonyl (C=O) groups is 1. The Morgan fingerprint density at radius 3 is 2.74 bits per heavy atom. The molecule has 1 aliphatic rings. The Bertz CT molecular complexity index is 839. The van der Waals surface area contributed by atoms with Crippen molar-refractivity contribution in [2.75, 3.05) is 32.1 Å². The number of amides is 1. The van der Waals surface area contributed by atoms with Crippen LogP contribution < -0.4 is 10.2 Å². The Morgan fingerprint density at radius 2 is 2.04 bits per heavy atom. The van der Waals surface area contributed by atoms with Crippen LogP contribution >= 0.6 is 0 Å². The van der Waals surface area contributed by atoms with Crippen LogP contribution in [0.4, 0.5) is 10.2 Å². The summed E-state index contributed by atoms with van der Waals surface area (Å²) in [7, 11) is 3.39. The highest BCUT2D eigenvalue weighted by molar-refractivity contribution is 5.90. The SMILES string of the molecule is Cc1nc(C(=O)N(C)C)nc(N2CC[C@@H](NCc3ccccc3F)C2)c1C. The number of hydrogen-bond donors (Lipinski definition) is 1. The van der Waals surface area contributed by atoms with E-state index in [1.165, 1.54) is 11.0 Å². The minimum atomic E-state index is -0.201. The van der Waals surface area contributed by atoms with Crippen LogP contribution in [-0.2, 0) is 6.54 Å². The molecule has 27 heavy (non-hydrogen) atoms. The summed E-state index contributed by atoms with van der Waals surface area (Å²) >= 11 is 0. The minimum Gasteiger partial charge on any atom is -0.355 e. The van der Waals surface area contributed by atoms with Crippen molar-refractivity contribution >= 4 is 11.7 Å². The highest BCUT2D eigenvalue weighted by Gasteiger charge is 2.26. The van der Waals surface area contributed by atoms with Gasteiger partial charge in [-0.25, -0.2) is 14.4 Å². The van der Waals surface area contributed by atoms with Crippen molar-refractivity contribution < 1.29 is 9.18 Å². The van der Waals surface area contributed by atoms with Crippen LogP contribution in [0.2, 0.25) is 0 Å². The average molecular weight is 371 g/mol. The molecule has 1 fully saturated rings. The van der Waals surface area contributed by atoms with E-state index < -0.39 is 0 Å². The summed E-state index contributed by atoms with van der Waals surface area (Å²) in [5.74, 6) is 0.644. The lowest BCUT2D eigenvalue weighted by molar-refractivity contribution is 0.0815. The summed E-state index contributed by atoms with van der Waals surface area (Å²) < 4.78 is 13.8. The van der Waals surface area contributed by atoms with Gasteiger partial charge in [0, 0.05) is 56.6 Å². The molecule has 1 atom stereocenters. The van der Waals surface area contributed by atoms with Gasteiger partial charge in [-0.05, 0) is 26.3 Å². The maximum Gasteiger partial charge on any atom is 0.291 e. The number of rotatable bonds is 5. The maximum atomic E-state index is 13.8. The Kier molecular flexibility index (Phi) is 5.70. The molecule has 2 heterocycles. The van der Waals surface area contributed by atoms with Gasteiger partial charge in [0.25, 0.3) is 5.91 Å². The quantitative estimate of drug-likeness (QED) is 0.874. The van der Waals surface area contributed by atoms with E-state index >= 15 is 0 Å². The first-order chi connectivity index (χ1) is 12.9. The van der Waals surface area contributed by atoms with E-state index in [1.54, 1.807) is 26.2 Å². The molecule has 1 N–H and O–H groups in total. The van der Waals surface area contributed by atoms with Gasteiger partial charge in [0.15, 0.2) is 0 Å². The molecule has 0 aliphatic carbocycles. The van der Waals surface area contributed by atoms with Crippen LogP contribution in [0.25, 0.3) is 0 Å². The smallest absolute Gasteiger partial charge is 0.291 e. The minimum absolute atomic E-state index is 0.186. The van der Waals surface area contributed by atoms with Crippen molar-refractivity contribution in [3.63, 3.8) is 0 Å². The second kappa shape index (κ2) is 8.00. The monoisotopic (exact) mass is 371 g/mol. The Hall–Kier alpha value is -2.54. The van der Waals surface area contributed by atoms with Gasteiger partial charge >= 0.3 is 0 Å². The molecule has 0 spiro atoms. The van der Waals surface area contributed by atoms with Crippen molar-refractivity contribution in [1.82, 2.24) is 20.2 Å². The first-order valence-electron chi connectivity index (χ1n) is 9.15. The second-order valence-corrected chi connectivity index (χ2v) is 7.18. The summed E-state index contributed by atoms with van der Waals surface area (Å²) in [6, 6.07) is 7.06. The summed E-state index contributed by atoms with van der Waals surface area (Å²) in [5.41, 5.74) is 2.47. The molecular formula is C20H26FN5O. The summed E-state index contributed by atoms with van der Waals surface area (Å²) in [5, 5.41) is 3.43. The third-order valence-corrected chi connectivity index (χ3v) is 4.99. The molecule has 3 rings (SSSR count). The lowest BCUT2D eigenvalue weighted by atomic mass is 10.2. The van der Waals surface area contributed by atoms with E-state index in [9.17, 15) is 9.18 Å². The van der Waals surface area contributed by atoms with Crippen molar-refractivity contribution in [3.05, 3.63) is 52.7 Å². The number of anilines is 1. The predicted octanol–water partition coefficient (Wildman–Crippen LogP) is 2.30. The number of nitrogens with zero attached hydrogens (tertiary/aromatic N) is 4. The van der Waals surface area contributed by atoms with Gasteiger partial charge in [-0.2, -0.15) is 0 Å². The molecular weight excluding hydrogens is 345 g/mol. The van der Waals surface area contributed by atoms with Gasteiger partial charge in [-0.3, -0.25) is 4.79 Å². The molecule has 1 saturated heterocycles. The van der Waals surface area contributed by atoms with Crippen molar-refractivity contribution in [3.8, 4) is 0 Å². The first-order valence-corrected chi connectivity index (χ1v) is 9.15. The fourth-order valence-electron chi connectivity index (χ4n) is 3.23. The molecule has 2 aromatic rings. The normalized spacial score (nSPS) is 16.6. The van der Waals surface area contributed by atoms with E-state index in [0.717, 1.165) is 36.6 Å². The molecule has 6 nitrogen and oxygen atoms in total. The van der Waals surface area contributed by atoms with Gasteiger partial charge < -0.3 is 15.1 Å². The first kappa shape index (κ1) is 19.2. The number of halogens is 1. The number of nitrogens with one attached hydrogen (secondary N) is 1. The third kappa shape index (κ3) is 4.24. The van der Waals surface area contributed by atoms with Crippen LogP contribution in [0.5, 0.6) is 0 Å². The lowest BCUT2D eigenvalue weighted by Gasteiger charge is -2.22. The van der Waals surface area contributed by atoms with E-state index in [4.69, 9.17) is 0 Å². The van der Waals surface area contributed by atoms with Gasteiger partial charge in [0.1, 0.15) is 11.6 Å². The zero-order chi connectivity index (χ0) is 19.6. The van der Waals surface area contributed by atoms with E-state index in [2.05, 4.69) is 20.2 Å². The Labute approximate surface area is 159 Å². The number of benzene rings is 1. The molecule has 0 unspecified atom stereocenters. The largest absolute Gasteiger partial charge is 0.355 e. The van der Waals surface area contributed by atoms with Crippen molar-refractivity contribution in [2.45, 2.75) is 32.9 Å². The highest BCUT2D eigenvalue weighted by atomic mass is 19.1. The molecule has 1 aliphatic heterocycles. The predicted molar refractivity (Wildman–Crippen MR) is 103 cm³/mol. The number of carbonyl (C=O) groups excluding carboxylic acids is 1. The number of aryl methyl sites for hydroxylation is 1. The fourth-order valence-corrected chi connectivity index (χ4v) is 3.23. The number of aromatic nitrogens is 2. The Morgan fingerprint density at radius 1 is 1.30 bits per heavy atom. The average Bonchev–Trinajstić information content (AvgIpc) is 3.11. The second-order valence-electron chi connectivity index (χ2n) is 7.18. The zero-order valence-electron chi connectivity index (χ0n) is 16.3. The topological polar surface area (TPSA) is 61.4 Å². The number of hydrogen-bond acceptors (Lipinski definition) is 5. The molecule has 7 heteroatoms. The summed E-state index contributed by atoms with van der Waals surface area (Å²) in [6.45, 7) is 5.98.